The van der Waals surface area contributed by atoms with Gasteiger partial charge in [0.05, 0.1) is 31.1 Å². The number of hydrogen-bond donors (Lipinski definition) is 1. The predicted octanol–water partition coefficient (Wildman–Crippen LogP) is 3.33. The van der Waals surface area contributed by atoms with Gasteiger partial charge in [-0.05, 0) is 63.2 Å². The van der Waals surface area contributed by atoms with Gasteiger partial charge in [0, 0.05) is 11.6 Å². The number of carbonyl (C=O) groups excluding carboxylic acids is 4. The largest absolute Gasteiger partial charge is 0.497 e. The molecule has 1 heterocycles. The Bertz CT molecular complexity index is 1120. The third-order valence-corrected chi connectivity index (χ3v) is 4.62. The topological polar surface area (TPSA) is 111 Å². The van der Waals surface area contributed by atoms with Crippen molar-refractivity contribution >= 4 is 35.6 Å². The van der Waals surface area contributed by atoms with Crippen molar-refractivity contribution in [3.8, 4) is 11.5 Å². The maximum absolute atomic E-state index is 13.1. The molecule has 1 aliphatic heterocycles. The molecule has 0 unspecified atom stereocenters. The van der Waals surface area contributed by atoms with Crippen molar-refractivity contribution in [1.29, 1.82) is 0 Å². The number of urea groups is 1. The van der Waals surface area contributed by atoms with Gasteiger partial charge in [-0.2, -0.15) is 0 Å². The van der Waals surface area contributed by atoms with E-state index in [2.05, 4.69) is 5.32 Å². The first-order valence-corrected chi connectivity index (χ1v) is 10.3. The molecule has 1 fully saturated rings. The fourth-order valence-corrected chi connectivity index (χ4v) is 3.13. The first kappa shape index (κ1) is 23.5. The number of esters is 1. The van der Waals surface area contributed by atoms with E-state index in [1.54, 1.807) is 25.1 Å². The quantitative estimate of drug-likeness (QED) is 0.390. The summed E-state index contributed by atoms with van der Waals surface area (Å²) in [6, 6.07) is 9.81. The normalized spacial score (nSPS) is 15.0. The minimum Gasteiger partial charge on any atom is -0.497 e. The highest BCUT2D eigenvalue weighted by Crippen LogP contribution is 2.29. The molecule has 1 aliphatic rings. The van der Waals surface area contributed by atoms with E-state index in [0.29, 0.717) is 17.1 Å². The van der Waals surface area contributed by atoms with Gasteiger partial charge in [0.25, 0.3) is 11.8 Å². The zero-order valence-electron chi connectivity index (χ0n) is 18.7. The molecule has 9 heteroatoms. The van der Waals surface area contributed by atoms with Crippen molar-refractivity contribution in [3.63, 3.8) is 0 Å². The Morgan fingerprint density at radius 3 is 2.39 bits per heavy atom. The van der Waals surface area contributed by atoms with Crippen LogP contribution >= 0.6 is 0 Å². The number of ether oxygens (including phenoxy) is 3. The molecule has 3 rings (SSSR count). The van der Waals surface area contributed by atoms with Crippen LogP contribution in [0.1, 0.15) is 36.7 Å². The van der Waals surface area contributed by atoms with Crippen LogP contribution in [0.15, 0.2) is 48.0 Å². The molecule has 0 bridgehead atoms. The highest BCUT2D eigenvalue weighted by atomic mass is 16.5. The van der Waals surface area contributed by atoms with Crippen LogP contribution < -0.4 is 19.7 Å². The maximum atomic E-state index is 13.1. The van der Waals surface area contributed by atoms with Gasteiger partial charge < -0.3 is 14.2 Å². The number of nitrogens with zero attached hydrogens (tertiary/aromatic N) is 1. The van der Waals surface area contributed by atoms with E-state index in [-0.39, 0.29) is 29.5 Å². The fourth-order valence-electron chi connectivity index (χ4n) is 3.13. The minimum absolute atomic E-state index is 0.166. The fraction of sp³-hybridized carbons (Fsp3) is 0.250. The zero-order chi connectivity index (χ0) is 24.1. The molecule has 1 N–H and O–H groups in total. The smallest absolute Gasteiger partial charge is 0.338 e. The second-order valence-corrected chi connectivity index (χ2v) is 7.30. The van der Waals surface area contributed by atoms with Gasteiger partial charge in [-0.3, -0.25) is 14.9 Å². The van der Waals surface area contributed by atoms with E-state index in [4.69, 9.17) is 14.2 Å². The molecule has 2 aromatic rings. The number of benzene rings is 2. The molecule has 0 aromatic heterocycles. The molecule has 0 radical (unpaired) electrons. The molecule has 33 heavy (non-hydrogen) atoms. The third-order valence-electron chi connectivity index (χ3n) is 4.62. The van der Waals surface area contributed by atoms with Gasteiger partial charge in [-0.15, -0.1) is 0 Å². The standard InChI is InChI=1S/C24H24N2O7/c1-5-32-23(29)15-6-9-17(10-7-15)26-22(28)19(21(27)25-24(26)30)12-16-8-11-18(31-4)13-20(16)33-14(2)3/h6-14H,5H2,1-4H3,(H,25,27,30)/b19-12+. The first-order valence-electron chi connectivity index (χ1n) is 10.3. The summed E-state index contributed by atoms with van der Waals surface area (Å²) in [7, 11) is 1.52. The molecule has 2 aromatic carbocycles. The lowest BCUT2D eigenvalue weighted by Crippen LogP contribution is -2.54. The van der Waals surface area contributed by atoms with Crippen molar-refractivity contribution in [2.45, 2.75) is 26.9 Å². The molecule has 9 nitrogen and oxygen atoms in total. The summed E-state index contributed by atoms with van der Waals surface area (Å²) >= 11 is 0. The Hall–Kier alpha value is -4.14. The lowest BCUT2D eigenvalue weighted by molar-refractivity contribution is -0.122. The number of hydrogen-bond acceptors (Lipinski definition) is 7. The zero-order valence-corrected chi connectivity index (χ0v) is 18.7. The summed E-state index contributed by atoms with van der Waals surface area (Å²) in [5.74, 6) is -1.19. The Labute approximate surface area is 190 Å². The van der Waals surface area contributed by atoms with Crippen LogP contribution in [0, 0.1) is 0 Å². The Morgan fingerprint density at radius 1 is 1.09 bits per heavy atom. The molecule has 0 spiro atoms. The van der Waals surface area contributed by atoms with Crippen LogP contribution in [-0.2, 0) is 14.3 Å². The van der Waals surface area contributed by atoms with Crippen molar-refractivity contribution in [1.82, 2.24) is 5.32 Å². The van der Waals surface area contributed by atoms with Gasteiger partial charge in [0.15, 0.2) is 0 Å². The minimum atomic E-state index is -0.889. The summed E-state index contributed by atoms with van der Waals surface area (Å²) in [6.07, 6.45) is 1.20. The highest BCUT2D eigenvalue weighted by molar-refractivity contribution is 6.39. The molecular weight excluding hydrogens is 428 g/mol. The molecule has 0 saturated carbocycles. The van der Waals surface area contributed by atoms with Crippen molar-refractivity contribution in [2.75, 3.05) is 18.6 Å². The van der Waals surface area contributed by atoms with Crippen molar-refractivity contribution < 1.29 is 33.4 Å². The van der Waals surface area contributed by atoms with E-state index >= 15 is 0 Å². The number of rotatable bonds is 7. The molecule has 0 aliphatic carbocycles. The summed E-state index contributed by atoms with van der Waals surface area (Å²) in [5, 5.41) is 2.17. The average molecular weight is 452 g/mol. The number of carbonyl (C=O) groups is 4. The van der Waals surface area contributed by atoms with E-state index in [1.807, 2.05) is 13.8 Å². The second kappa shape index (κ2) is 9.99. The number of nitrogens with one attached hydrogen (secondary N) is 1. The first-order chi connectivity index (χ1) is 15.7. The van der Waals surface area contributed by atoms with Gasteiger partial charge >= 0.3 is 12.0 Å². The maximum Gasteiger partial charge on any atom is 0.338 e. The Kier molecular flexibility index (Phi) is 7.12. The van der Waals surface area contributed by atoms with E-state index < -0.39 is 23.8 Å². The molecule has 0 atom stereocenters. The Balaban J connectivity index is 1.97. The van der Waals surface area contributed by atoms with Crippen LogP contribution in [0.2, 0.25) is 0 Å². The van der Waals surface area contributed by atoms with Gasteiger partial charge in [0.1, 0.15) is 17.1 Å². The van der Waals surface area contributed by atoms with Crippen LogP contribution in [0.4, 0.5) is 10.5 Å². The summed E-state index contributed by atoms with van der Waals surface area (Å²) in [5.41, 5.74) is 0.682. The lowest BCUT2D eigenvalue weighted by Gasteiger charge is -2.26. The predicted molar refractivity (Wildman–Crippen MR) is 120 cm³/mol. The van der Waals surface area contributed by atoms with Crippen LogP contribution in [0.3, 0.4) is 0 Å². The number of methoxy groups -OCH3 is 1. The molecule has 172 valence electrons. The highest BCUT2D eigenvalue weighted by Gasteiger charge is 2.37. The van der Waals surface area contributed by atoms with Crippen LogP contribution in [0.25, 0.3) is 6.08 Å². The number of amides is 4. The number of anilines is 1. The third kappa shape index (κ3) is 5.20. The van der Waals surface area contributed by atoms with E-state index in [1.165, 1.54) is 37.5 Å². The summed E-state index contributed by atoms with van der Waals surface area (Å²) in [4.78, 5) is 50.8. The average Bonchev–Trinajstić information content (AvgIpc) is 2.77. The molecular formula is C24H24N2O7. The lowest BCUT2D eigenvalue weighted by atomic mass is 10.1. The number of barbiturate groups is 1. The van der Waals surface area contributed by atoms with Gasteiger partial charge in [-0.25, -0.2) is 14.5 Å². The van der Waals surface area contributed by atoms with Crippen molar-refractivity contribution in [2.24, 2.45) is 0 Å². The SMILES string of the molecule is CCOC(=O)c1ccc(N2C(=O)NC(=O)/C(=C\c3ccc(OC)cc3OC(C)C)C2=O)cc1. The second-order valence-electron chi connectivity index (χ2n) is 7.30. The molecule has 4 amide bonds. The van der Waals surface area contributed by atoms with E-state index in [9.17, 15) is 19.2 Å². The van der Waals surface area contributed by atoms with Crippen LogP contribution in [-0.4, -0.2) is 43.6 Å². The van der Waals surface area contributed by atoms with Gasteiger partial charge in [-0.1, -0.05) is 0 Å². The Morgan fingerprint density at radius 2 is 1.79 bits per heavy atom. The monoisotopic (exact) mass is 452 g/mol. The number of imide groups is 2. The van der Waals surface area contributed by atoms with Gasteiger partial charge in [0.2, 0.25) is 0 Å². The molecule has 1 saturated heterocycles. The summed E-state index contributed by atoms with van der Waals surface area (Å²) < 4.78 is 16.0. The van der Waals surface area contributed by atoms with E-state index in [0.717, 1.165) is 4.90 Å². The summed E-state index contributed by atoms with van der Waals surface area (Å²) in [6.45, 7) is 5.59. The van der Waals surface area contributed by atoms with Crippen LogP contribution in [0.5, 0.6) is 11.5 Å². The van der Waals surface area contributed by atoms with Crippen molar-refractivity contribution in [3.05, 3.63) is 59.2 Å².